The highest BCUT2D eigenvalue weighted by molar-refractivity contribution is 5.86. The molecule has 5 nitrogen and oxygen atoms in total. The molecule has 1 heterocycles. The molecule has 3 amide bonds. The number of hydrogen-bond donors (Lipinski definition) is 2. The zero-order chi connectivity index (χ0) is 23.6. The summed E-state index contributed by atoms with van der Waals surface area (Å²) in [6.07, 6.45) is 5.64. The topological polar surface area (TPSA) is 61.4 Å². The predicted molar refractivity (Wildman–Crippen MR) is 125 cm³/mol. The second kappa shape index (κ2) is 12.3. The molecule has 2 aromatic carbocycles. The zero-order valence-electron chi connectivity index (χ0n) is 19.2. The van der Waals surface area contributed by atoms with Gasteiger partial charge in [0.25, 0.3) is 0 Å². The lowest BCUT2D eigenvalue weighted by molar-refractivity contribution is -0.122. The highest BCUT2D eigenvalue weighted by Crippen LogP contribution is 2.29. The molecule has 0 bridgehead atoms. The molecule has 0 aliphatic carbocycles. The largest absolute Gasteiger partial charge is 0.354 e. The van der Waals surface area contributed by atoms with Crippen molar-refractivity contribution in [3.8, 4) is 0 Å². The van der Waals surface area contributed by atoms with Gasteiger partial charge in [-0.15, -0.1) is 0 Å². The average Bonchev–Trinajstić information content (AvgIpc) is 3.10. The molecule has 0 aromatic heterocycles. The number of likely N-dealkylation sites (tertiary alicyclic amines) is 1. The number of rotatable bonds is 8. The van der Waals surface area contributed by atoms with Crippen LogP contribution in [0.4, 0.5) is 13.6 Å². The Morgan fingerprint density at radius 1 is 0.879 bits per heavy atom. The summed E-state index contributed by atoms with van der Waals surface area (Å²) in [6, 6.07) is 11.8. The number of urea groups is 1. The lowest BCUT2D eigenvalue weighted by Gasteiger charge is -2.23. The summed E-state index contributed by atoms with van der Waals surface area (Å²) in [5.41, 5.74) is 1.87. The van der Waals surface area contributed by atoms with E-state index in [1.807, 2.05) is 0 Å². The van der Waals surface area contributed by atoms with E-state index in [0.29, 0.717) is 19.4 Å². The molecular weight excluding hydrogens is 424 g/mol. The predicted octanol–water partition coefficient (Wildman–Crippen LogP) is 4.97. The third kappa shape index (κ3) is 7.55. The van der Waals surface area contributed by atoms with Gasteiger partial charge in [0, 0.05) is 25.6 Å². The smallest absolute Gasteiger partial charge is 0.318 e. The number of hydrogen-bond acceptors (Lipinski definition) is 2. The van der Waals surface area contributed by atoms with E-state index in [1.165, 1.54) is 24.3 Å². The van der Waals surface area contributed by atoms with Crippen molar-refractivity contribution >= 4 is 11.9 Å². The molecule has 3 rings (SSSR count). The van der Waals surface area contributed by atoms with E-state index < -0.39 is 6.04 Å². The molecule has 0 saturated carbocycles. The molecular formula is C26H33F2N3O2. The minimum Gasteiger partial charge on any atom is -0.354 e. The third-order valence-electron chi connectivity index (χ3n) is 6.14. The summed E-state index contributed by atoms with van der Waals surface area (Å²) >= 11 is 0. The van der Waals surface area contributed by atoms with Gasteiger partial charge in [-0.05, 0) is 68.0 Å². The summed E-state index contributed by atoms with van der Waals surface area (Å²) in [7, 11) is 0. The maximum atomic E-state index is 13.4. The van der Waals surface area contributed by atoms with E-state index in [2.05, 4.69) is 10.6 Å². The first kappa shape index (κ1) is 24.7. The Morgan fingerprint density at radius 2 is 1.39 bits per heavy atom. The van der Waals surface area contributed by atoms with Crippen LogP contribution >= 0.6 is 0 Å². The van der Waals surface area contributed by atoms with Crippen molar-refractivity contribution in [2.75, 3.05) is 19.6 Å². The lowest BCUT2D eigenvalue weighted by Crippen LogP contribution is -2.50. The highest BCUT2D eigenvalue weighted by Gasteiger charge is 2.21. The van der Waals surface area contributed by atoms with E-state index >= 15 is 0 Å². The normalized spacial score (nSPS) is 15.1. The zero-order valence-corrected chi connectivity index (χ0v) is 19.2. The highest BCUT2D eigenvalue weighted by atomic mass is 19.1. The van der Waals surface area contributed by atoms with Crippen molar-refractivity contribution in [1.29, 1.82) is 0 Å². The summed E-state index contributed by atoms with van der Waals surface area (Å²) in [6.45, 7) is 3.59. The molecule has 1 saturated heterocycles. The molecule has 1 aliphatic rings. The van der Waals surface area contributed by atoms with E-state index in [0.717, 1.165) is 49.9 Å². The van der Waals surface area contributed by atoms with Crippen molar-refractivity contribution in [3.63, 3.8) is 0 Å². The van der Waals surface area contributed by atoms with Gasteiger partial charge in [-0.3, -0.25) is 4.79 Å². The SMILES string of the molecule is C[C@H](NC(=O)N1CCCCCC1)C(=O)NCCCC(c1ccc(F)cc1)c1ccc(F)cc1. The minimum absolute atomic E-state index is 0.0386. The van der Waals surface area contributed by atoms with Crippen LogP contribution in [0.5, 0.6) is 0 Å². The van der Waals surface area contributed by atoms with Crippen LogP contribution in [0.25, 0.3) is 0 Å². The number of carbonyl (C=O) groups is 2. The van der Waals surface area contributed by atoms with Crippen molar-refractivity contribution in [1.82, 2.24) is 15.5 Å². The van der Waals surface area contributed by atoms with Gasteiger partial charge in [0.2, 0.25) is 5.91 Å². The number of halogens is 2. The van der Waals surface area contributed by atoms with Gasteiger partial charge >= 0.3 is 6.03 Å². The Balaban J connectivity index is 1.50. The van der Waals surface area contributed by atoms with E-state index in [9.17, 15) is 18.4 Å². The Bertz CT molecular complexity index is 849. The van der Waals surface area contributed by atoms with Crippen molar-refractivity contribution in [2.45, 2.75) is 57.4 Å². The van der Waals surface area contributed by atoms with Gasteiger partial charge in [0.1, 0.15) is 17.7 Å². The number of benzene rings is 2. The molecule has 1 fully saturated rings. The van der Waals surface area contributed by atoms with Crippen LogP contribution < -0.4 is 10.6 Å². The van der Waals surface area contributed by atoms with Crippen LogP contribution in [0.2, 0.25) is 0 Å². The Morgan fingerprint density at radius 3 is 1.91 bits per heavy atom. The molecule has 1 aliphatic heterocycles. The summed E-state index contributed by atoms with van der Waals surface area (Å²) in [5.74, 6) is -0.873. The van der Waals surface area contributed by atoms with Crippen molar-refractivity contribution < 1.29 is 18.4 Å². The van der Waals surface area contributed by atoms with E-state index in [-0.39, 0.29) is 29.5 Å². The molecule has 0 radical (unpaired) electrons. The van der Waals surface area contributed by atoms with Crippen LogP contribution in [-0.2, 0) is 4.79 Å². The van der Waals surface area contributed by atoms with Crippen LogP contribution in [0.15, 0.2) is 48.5 Å². The molecule has 1 atom stereocenters. The van der Waals surface area contributed by atoms with Gasteiger partial charge in [-0.1, -0.05) is 37.1 Å². The van der Waals surface area contributed by atoms with Crippen molar-refractivity contribution in [2.24, 2.45) is 0 Å². The van der Waals surface area contributed by atoms with Gasteiger partial charge in [-0.2, -0.15) is 0 Å². The summed E-state index contributed by atoms with van der Waals surface area (Å²) in [4.78, 5) is 26.7. The maximum Gasteiger partial charge on any atom is 0.318 e. The van der Waals surface area contributed by atoms with E-state index in [4.69, 9.17) is 0 Å². The van der Waals surface area contributed by atoms with Crippen molar-refractivity contribution in [3.05, 3.63) is 71.3 Å². The van der Waals surface area contributed by atoms with Gasteiger partial charge in [0.15, 0.2) is 0 Å². The minimum atomic E-state index is -0.620. The van der Waals surface area contributed by atoms with Crippen LogP contribution in [0.1, 0.15) is 62.5 Å². The second-order valence-electron chi connectivity index (χ2n) is 8.66. The summed E-state index contributed by atoms with van der Waals surface area (Å²) < 4.78 is 26.8. The molecule has 7 heteroatoms. The maximum absolute atomic E-state index is 13.4. The average molecular weight is 458 g/mol. The molecule has 2 N–H and O–H groups in total. The Labute approximate surface area is 194 Å². The fourth-order valence-electron chi connectivity index (χ4n) is 4.20. The number of nitrogens with one attached hydrogen (secondary N) is 2. The molecule has 2 aromatic rings. The second-order valence-corrected chi connectivity index (χ2v) is 8.66. The molecule has 0 spiro atoms. The Kier molecular flexibility index (Phi) is 9.22. The quantitative estimate of drug-likeness (QED) is 0.550. The van der Waals surface area contributed by atoms with Gasteiger partial charge < -0.3 is 15.5 Å². The summed E-state index contributed by atoms with van der Waals surface area (Å²) in [5, 5.41) is 5.68. The first-order chi connectivity index (χ1) is 15.9. The fraction of sp³-hybridized carbons (Fsp3) is 0.462. The monoisotopic (exact) mass is 457 g/mol. The number of nitrogens with zero attached hydrogens (tertiary/aromatic N) is 1. The van der Waals surface area contributed by atoms with Gasteiger partial charge in [-0.25, -0.2) is 13.6 Å². The first-order valence-corrected chi connectivity index (χ1v) is 11.8. The fourth-order valence-corrected chi connectivity index (χ4v) is 4.20. The number of carbonyl (C=O) groups excluding carboxylic acids is 2. The lowest BCUT2D eigenvalue weighted by atomic mass is 9.87. The molecule has 33 heavy (non-hydrogen) atoms. The van der Waals surface area contributed by atoms with Crippen LogP contribution in [-0.4, -0.2) is 42.5 Å². The third-order valence-corrected chi connectivity index (χ3v) is 6.14. The van der Waals surface area contributed by atoms with Crippen LogP contribution in [0, 0.1) is 11.6 Å². The van der Waals surface area contributed by atoms with E-state index in [1.54, 1.807) is 36.1 Å². The number of amides is 3. The standard InChI is InChI=1S/C26H33F2N3O2/c1-19(30-26(33)31-17-4-2-3-5-18-31)25(32)29-16-6-7-24(20-8-12-22(27)13-9-20)21-10-14-23(28)15-11-21/h8-15,19,24H,2-7,16-18H2,1H3,(H,29,32)(H,30,33)/t19-/m0/s1. The first-order valence-electron chi connectivity index (χ1n) is 11.8. The molecule has 178 valence electrons. The van der Waals surface area contributed by atoms with Crippen LogP contribution in [0.3, 0.4) is 0 Å². The Hall–Kier alpha value is -2.96. The van der Waals surface area contributed by atoms with Gasteiger partial charge in [0.05, 0.1) is 0 Å². The molecule has 0 unspecified atom stereocenters.